The van der Waals surface area contributed by atoms with Crippen molar-refractivity contribution in [3.8, 4) is 6.07 Å². The van der Waals surface area contributed by atoms with Crippen molar-refractivity contribution in [1.29, 1.82) is 5.26 Å². The number of nitrogens with zero attached hydrogens (tertiary/aromatic N) is 4. The second-order valence-electron chi connectivity index (χ2n) is 5.04. The van der Waals surface area contributed by atoms with Crippen LogP contribution in [-0.4, -0.2) is 48.6 Å². The molecule has 2 fully saturated rings. The average molecular weight is 256 g/mol. The third-order valence-corrected chi connectivity index (χ3v) is 3.92. The lowest BCUT2D eigenvalue weighted by Gasteiger charge is -2.38. The van der Waals surface area contributed by atoms with E-state index >= 15 is 0 Å². The van der Waals surface area contributed by atoms with Gasteiger partial charge in [0.2, 0.25) is 0 Å². The number of hydrogen-bond donors (Lipinski definition) is 1. The molecule has 3 heterocycles. The highest BCUT2D eigenvalue weighted by Crippen LogP contribution is 2.17. The molecule has 5 nitrogen and oxygen atoms in total. The first kappa shape index (κ1) is 12.4. The molecular weight excluding hydrogens is 238 g/mol. The highest BCUT2D eigenvalue weighted by Gasteiger charge is 2.26. The van der Waals surface area contributed by atoms with E-state index in [0.717, 1.165) is 45.0 Å². The van der Waals surface area contributed by atoms with Gasteiger partial charge in [-0.05, 0) is 18.6 Å². The molecule has 1 N–H and O–H groups in total. The molecule has 0 aromatic carbocycles. The van der Waals surface area contributed by atoms with Crippen LogP contribution >= 0.6 is 0 Å². The molecule has 0 aliphatic carbocycles. The maximum Gasteiger partial charge on any atom is 0.128 e. The molecule has 1 aromatic rings. The van der Waals surface area contributed by atoms with E-state index in [1.807, 2.05) is 12.1 Å². The summed E-state index contributed by atoms with van der Waals surface area (Å²) in [5.74, 6) is 0.981. The highest BCUT2D eigenvalue weighted by molar-refractivity contribution is 5.42. The van der Waals surface area contributed by atoms with Crippen LogP contribution in [0.2, 0.25) is 0 Å². The van der Waals surface area contributed by atoms with Crippen molar-refractivity contribution in [2.45, 2.75) is 12.5 Å². The van der Waals surface area contributed by atoms with Crippen LogP contribution in [0.15, 0.2) is 18.3 Å². The molecular formula is C14H18N5. The Hall–Kier alpha value is -1.64. The highest BCUT2D eigenvalue weighted by atomic mass is 15.3. The zero-order chi connectivity index (χ0) is 13.1. The minimum atomic E-state index is 0.620. The largest absolute Gasteiger partial charge is 0.354 e. The van der Waals surface area contributed by atoms with E-state index < -0.39 is 0 Å². The first-order chi connectivity index (χ1) is 9.36. The van der Waals surface area contributed by atoms with Crippen molar-refractivity contribution in [2.75, 3.05) is 37.6 Å². The zero-order valence-corrected chi connectivity index (χ0v) is 10.9. The molecule has 2 aliphatic rings. The molecule has 3 rings (SSSR count). The van der Waals surface area contributed by atoms with Crippen LogP contribution in [0.25, 0.3) is 0 Å². The molecule has 5 heteroatoms. The Balaban J connectivity index is 1.58. The summed E-state index contributed by atoms with van der Waals surface area (Å²) in [5.41, 5.74) is 0.620. The van der Waals surface area contributed by atoms with Crippen LogP contribution in [-0.2, 0) is 0 Å². The fourth-order valence-corrected chi connectivity index (χ4v) is 2.76. The molecule has 1 atom stereocenters. The van der Waals surface area contributed by atoms with Gasteiger partial charge in [0.25, 0.3) is 0 Å². The summed E-state index contributed by atoms with van der Waals surface area (Å²) < 4.78 is 0. The number of aromatic nitrogens is 1. The fourth-order valence-electron chi connectivity index (χ4n) is 2.76. The number of nitriles is 1. The molecule has 2 aliphatic heterocycles. The maximum absolute atomic E-state index is 8.78. The van der Waals surface area contributed by atoms with Crippen LogP contribution in [0.5, 0.6) is 0 Å². The standard InChI is InChI=1S/C14H18N5/c15-9-12-1-2-14(17-10-12)19-7-5-18(6-8-19)13-3-4-16-11-13/h1-2,4,10,13,16H,3,5-8,11H2/t13-/m0/s1. The van der Waals surface area contributed by atoms with Crippen molar-refractivity contribution < 1.29 is 0 Å². The van der Waals surface area contributed by atoms with E-state index in [1.165, 1.54) is 0 Å². The Labute approximate surface area is 113 Å². The van der Waals surface area contributed by atoms with Crippen LogP contribution in [0.3, 0.4) is 0 Å². The van der Waals surface area contributed by atoms with Gasteiger partial charge >= 0.3 is 0 Å². The number of piperazine rings is 1. The van der Waals surface area contributed by atoms with E-state index in [4.69, 9.17) is 5.26 Å². The zero-order valence-electron chi connectivity index (χ0n) is 10.9. The molecule has 0 amide bonds. The molecule has 0 bridgehead atoms. The van der Waals surface area contributed by atoms with Crippen molar-refractivity contribution in [3.05, 3.63) is 30.4 Å². The Morgan fingerprint density at radius 3 is 2.68 bits per heavy atom. The SMILES string of the molecule is N#Cc1ccc(N2CCN([C@H]3C[CH]NC3)CC2)nc1. The minimum absolute atomic E-state index is 0.620. The van der Waals surface area contributed by atoms with E-state index in [1.54, 1.807) is 6.20 Å². The van der Waals surface area contributed by atoms with Crippen LogP contribution < -0.4 is 10.2 Å². The van der Waals surface area contributed by atoms with Gasteiger partial charge in [0, 0.05) is 51.5 Å². The van der Waals surface area contributed by atoms with Gasteiger partial charge < -0.3 is 10.2 Å². The molecule has 1 aromatic heterocycles. The maximum atomic E-state index is 8.78. The van der Waals surface area contributed by atoms with Crippen molar-refractivity contribution in [2.24, 2.45) is 0 Å². The van der Waals surface area contributed by atoms with Crippen LogP contribution in [0.4, 0.5) is 5.82 Å². The Morgan fingerprint density at radius 2 is 2.11 bits per heavy atom. The lowest BCUT2D eigenvalue weighted by molar-refractivity contribution is 0.197. The lowest BCUT2D eigenvalue weighted by atomic mass is 10.2. The van der Waals surface area contributed by atoms with Gasteiger partial charge in [-0.25, -0.2) is 4.98 Å². The van der Waals surface area contributed by atoms with E-state index in [-0.39, 0.29) is 0 Å². The summed E-state index contributed by atoms with van der Waals surface area (Å²) in [5, 5.41) is 12.1. The molecule has 99 valence electrons. The van der Waals surface area contributed by atoms with Gasteiger partial charge in [0.15, 0.2) is 0 Å². The number of rotatable bonds is 2. The van der Waals surface area contributed by atoms with Crippen molar-refractivity contribution in [3.63, 3.8) is 0 Å². The topological polar surface area (TPSA) is 55.2 Å². The molecule has 19 heavy (non-hydrogen) atoms. The monoisotopic (exact) mass is 256 g/mol. The summed E-state index contributed by atoms with van der Waals surface area (Å²) in [6.07, 6.45) is 2.80. The van der Waals surface area contributed by atoms with Crippen LogP contribution in [0.1, 0.15) is 12.0 Å². The third-order valence-electron chi connectivity index (χ3n) is 3.92. The number of hydrogen-bond acceptors (Lipinski definition) is 5. The van der Waals surface area contributed by atoms with Crippen molar-refractivity contribution in [1.82, 2.24) is 15.2 Å². The van der Waals surface area contributed by atoms with E-state index in [2.05, 4.69) is 32.7 Å². The van der Waals surface area contributed by atoms with E-state index in [9.17, 15) is 0 Å². The summed E-state index contributed by atoms with van der Waals surface area (Å²) in [6.45, 7) is 7.43. The minimum Gasteiger partial charge on any atom is -0.354 e. The summed E-state index contributed by atoms with van der Waals surface area (Å²) in [6, 6.07) is 6.55. The second-order valence-corrected chi connectivity index (χ2v) is 5.04. The Morgan fingerprint density at radius 1 is 1.26 bits per heavy atom. The van der Waals surface area contributed by atoms with Gasteiger partial charge in [-0.15, -0.1) is 0 Å². The predicted molar refractivity (Wildman–Crippen MR) is 73.4 cm³/mol. The lowest BCUT2D eigenvalue weighted by Crippen LogP contribution is -2.51. The van der Waals surface area contributed by atoms with Crippen molar-refractivity contribution >= 4 is 5.82 Å². The quantitative estimate of drug-likeness (QED) is 0.839. The molecule has 1 radical (unpaired) electrons. The molecule has 2 saturated heterocycles. The summed E-state index contributed by atoms with van der Waals surface area (Å²) in [7, 11) is 0. The van der Waals surface area contributed by atoms with Gasteiger partial charge in [0.05, 0.1) is 5.56 Å². The first-order valence-electron chi connectivity index (χ1n) is 6.77. The smallest absolute Gasteiger partial charge is 0.128 e. The van der Waals surface area contributed by atoms with Gasteiger partial charge in [-0.2, -0.15) is 5.26 Å². The summed E-state index contributed by atoms with van der Waals surface area (Å²) >= 11 is 0. The molecule has 0 unspecified atom stereocenters. The average Bonchev–Trinajstić information content (AvgIpc) is 3.02. The van der Waals surface area contributed by atoms with E-state index in [0.29, 0.717) is 11.6 Å². The van der Waals surface area contributed by atoms with Gasteiger partial charge in [-0.1, -0.05) is 0 Å². The Bertz CT molecular complexity index is 450. The fraction of sp³-hybridized carbons (Fsp3) is 0.500. The summed E-state index contributed by atoms with van der Waals surface area (Å²) in [4.78, 5) is 9.21. The first-order valence-corrected chi connectivity index (χ1v) is 6.77. The normalized spacial score (nSPS) is 24.4. The second kappa shape index (κ2) is 5.55. The third kappa shape index (κ3) is 2.70. The molecule has 0 spiro atoms. The van der Waals surface area contributed by atoms with Gasteiger partial charge in [-0.3, -0.25) is 4.90 Å². The van der Waals surface area contributed by atoms with Gasteiger partial charge in [0.1, 0.15) is 11.9 Å². The number of pyridine rings is 1. The molecule has 0 saturated carbocycles. The van der Waals surface area contributed by atoms with Crippen LogP contribution in [0, 0.1) is 17.9 Å². The number of anilines is 1. The Kier molecular flexibility index (Phi) is 3.62. The number of nitrogens with one attached hydrogen (secondary N) is 1. The predicted octanol–water partition coefficient (Wildman–Crippen LogP) is 0.599.